The normalized spacial score (nSPS) is 13.9. The van der Waals surface area contributed by atoms with Gasteiger partial charge in [-0.2, -0.15) is 0 Å². The second-order valence-electron chi connectivity index (χ2n) is 8.00. The Hall–Kier alpha value is -3.43. The smallest absolute Gasteiger partial charge is 0.0715 e. The van der Waals surface area contributed by atoms with Crippen LogP contribution in [-0.4, -0.2) is 31.3 Å². The lowest BCUT2D eigenvalue weighted by Crippen LogP contribution is -2.36. The summed E-state index contributed by atoms with van der Waals surface area (Å²) in [6.45, 7) is 5.60. The number of pyridine rings is 1. The molecule has 1 aliphatic heterocycles. The van der Waals surface area contributed by atoms with Gasteiger partial charge in [0.2, 0.25) is 0 Å². The minimum Gasteiger partial charge on any atom is -0.378 e. The van der Waals surface area contributed by atoms with E-state index in [9.17, 15) is 0 Å². The van der Waals surface area contributed by atoms with E-state index in [-0.39, 0.29) is 0 Å². The molecular formula is C28H26N2O. The van der Waals surface area contributed by atoms with E-state index >= 15 is 0 Å². The largest absolute Gasteiger partial charge is 0.378 e. The average Bonchev–Trinajstić information content (AvgIpc) is 2.85. The molecule has 0 radical (unpaired) electrons. The molecular weight excluding hydrogens is 380 g/mol. The van der Waals surface area contributed by atoms with E-state index in [1.54, 1.807) is 0 Å². The summed E-state index contributed by atoms with van der Waals surface area (Å²) in [5.41, 5.74) is 9.13. The van der Waals surface area contributed by atoms with Crippen LogP contribution in [0.3, 0.4) is 0 Å². The molecule has 1 aliphatic rings. The first-order valence-electron chi connectivity index (χ1n) is 10.8. The third kappa shape index (κ3) is 4.37. The number of morpholine rings is 1. The predicted molar refractivity (Wildman–Crippen MR) is 128 cm³/mol. The summed E-state index contributed by atoms with van der Waals surface area (Å²) in [7, 11) is 0. The van der Waals surface area contributed by atoms with E-state index in [0.717, 1.165) is 48.8 Å². The summed E-state index contributed by atoms with van der Waals surface area (Å²) in [6.07, 6.45) is 0. The molecule has 0 bridgehead atoms. The molecule has 0 unspecified atom stereocenters. The topological polar surface area (TPSA) is 25.4 Å². The van der Waals surface area contributed by atoms with E-state index < -0.39 is 0 Å². The van der Waals surface area contributed by atoms with Crippen molar-refractivity contribution < 1.29 is 4.74 Å². The number of benzene rings is 3. The number of nitrogens with zero attached hydrogens (tertiary/aromatic N) is 2. The Bertz CT molecular complexity index is 1150. The number of aryl methyl sites for hydroxylation is 1. The molecule has 154 valence electrons. The van der Waals surface area contributed by atoms with Gasteiger partial charge in [0.15, 0.2) is 0 Å². The van der Waals surface area contributed by atoms with Crippen LogP contribution in [0.15, 0.2) is 91.0 Å². The second-order valence-corrected chi connectivity index (χ2v) is 8.00. The predicted octanol–water partition coefficient (Wildman–Crippen LogP) is 6.23. The van der Waals surface area contributed by atoms with Crippen molar-refractivity contribution in [3.63, 3.8) is 0 Å². The van der Waals surface area contributed by atoms with Crippen LogP contribution in [0.1, 0.15) is 5.56 Å². The Morgan fingerprint density at radius 1 is 0.645 bits per heavy atom. The minimum absolute atomic E-state index is 0.798. The molecule has 31 heavy (non-hydrogen) atoms. The van der Waals surface area contributed by atoms with Gasteiger partial charge in [-0.05, 0) is 42.3 Å². The van der Waals surface area contributed by atoms with Crippen molar-refractivity contribution in [1.29, 1.82) is 0 Å². The fourth-order valence-electron chi connectivity index (χ4n) is 4.01. The summed E-state index contributed by atoms with van der Waals surface area (Å²) >= 11 is 0. The van der Waals surface area contributed by atoms with Crippen LogP contribution in [0.5, 0.6) is 0 Å². The first-order chi connectivity index (χ1) is 15.3. The monoisotopic (exact) mass is 406 g/mol. The van der Waals surface area contributed by atoms with E-state index in [4.69, 9.17) is 9.72 Å². The standard InChI is InChI=1S/C28H26N2O/c1-21-7-9-24(10-8-21)28-20-25(19-27(29-28)23-5-3-2-4-6-23)22-11-13-26(14-12-22)30-15-17-31-18-16-30/h2-14,19-20H,15-18H2,1H3. The lowest BCUT2D eigenvalue weighted by Gasteiger charge is -2.29. The SMILES string of the molecule is Cc1ccc(-c2cc(-c3ccc(N4CCOCC4)cc3)cc(-c3ccccc3)n2)cc1. The van der Waals surface area contributed by atoms with Gasteiger partial charge >= 0.3 is 0 Å². The van der Waals surface area contributed by atoms with Crippen molar-refractivity contribution in [3.8, 4) is 33.6 Å². The average molecular weight is 407 g/mol. The molecule has 2 heterocycles. The van der Waals surface area contributed by atoms with Crippen LogP contribution in [0.2, 0.25) is 0 Å². The van der Waals surface area contributed by atoms with Crippen molar-refractivity contribution in [2.24, 2.45) is 0 Å². The highest BCUT2D eigenvalue weighted by molar-refractivity contribution is 5.77. The highest BCUT2D eigenvalue weighted by Crippen LogP contribution is 2.31. The first-order valence-corrected chi connectivity index (χ1v) is 10.8. The van der Waals surface area contributed by atoms with E-state index in [0.29, 0.717) is 0 Å². The molecule has 0 atom stereocenters. The summed E-state index contributed by atoms with van der Waals surface area (Å²) in [4.78, 5) is 7.38. The van der Waals surface area contributed by atoms with Gasteiger partial charge in [0, 0.05) is 29.9 Å². The van der Waals surface area contributed by atoms with Crippen LogP contribution < -0.4 is 4.90 Å². The van der Waals surface area contributed by atoms with Crippen molar-refractivity contribution in [2.75, 3.05) is 31.2 Å². The van der Waals surface area contributed by atoms with Crippen LogP contribution in [0.4, 0.5) is 5.69 Å². The molecule has 1 aromatic heterocycles. The van der Waals surface area contributed by atoms with Crippen molar-refractivity contribution in [2.45, 2.75) is 6.92 Å². The molecule has 4 aromatic rings. The van der Waals surface area contributed by atoms with E-state index in [1.807, 2.05) is 6.07 Å². The zero-order chi connectivity index (χ0) is 21.0. The maximum absolute atomic E-state index is 5.48. The number of anilines is 1. The summed E-state index contributed by atoms with van der Waals surface area (Å²) in [5.74, 6) is 0. The molecule has 3 heteroatoms. The van der Waals surface area contributed by atoms with Gasteiger partial charge in [-0.1, -0.05) is 72.3 Å². The molecule has 0 saturated carbocycles. The Kier molecular flexibility index (Phi) is 5.51. The number of rotatable bonds is 4. The number of aromatic nitrogens is 1. The third-order valence-electron chi connectivity index (χ3n) is 5.82. The van der Waals surface area contributed by atoms with Gasteiger partial charge in [0.25, 0.3) is 0 Å². The van der Waals surface area contributed by atoms with Gasteiger partial charge in [-0.3, -0.25) is 0 Å². The summed E-state index contributed by atoms with van der Waals surface area (Å²) in [6, 6.07) is 32.2. The molecule has 0 N–H and O–H groups in total. The summed E-state index contributed by atoms with van der Waals surface area (Å²) in [5, 5.41) is 0. The highest BCUT2D eigenvalue weighted by Gasteiger charge is 2.12. The highest BCUT2D eigenvalue weighted by atomic mass is 16.5. The molecule has 3 aromatic carbocycles. The van der Waals surface area contributed by atoms with Gasteiger partial charge < -0.3 is 9.64 Å². The van der Waals surface area contributed by atoms with Crippen LogP contribution in [0.25, 0.3) is 33.6 Å². The molecule has 0 amide bonds. The van der Waals surface area contributed by atoms with Crippen LogP contribution >= 0.6 is 0 Å². The molecule has 3 nitrogen and oxygen atoms in total. The Morgan fingerprint density at radius 2 is 1.23 bits per heavy atom. The molecule has 0 aliphatic carbocycles. The van der Waals surface area contributed by atoms with Crippen LogP contribution in [0, 0.1) is 6.92 Å². The molecule has 1 fully saturated rings. The third-order valence-corrected chi connectivity index (χ3v) is 5.82. The number of ether oxygens (including phenoxy) is 1. The number of hydrogen-bond donors (Lipinski definition) is 0. The first kappa shape index (κ1) is 19.5. The Morgan fingerprint density at radius 3 is 1.87 bits per heavy atom. The van der Waals surface area contributed by atoms with Crippen molar-refractivity contribution in [3.05, 3.63) is 96.6 Å². The lowest BCUT2D eigenvalue weighted by molar-refractivity contribution is 0.122. The molecule has 5 rings (SSSR count). The lowest BCUT2D eigenvalue weighted by atomic mass is 9.99. The zero-order valence-electron chi connectivity index (χ0n) is 17.8. The fourth-order valence-corrected chi connectivity index (χ4v) is 4.01. The van der Waals surface area contributed by atoms with Crippen molar-refractivity contribution in [1.82, 2.24) is 4.98 Å². The van der Waals surface area contributed by atoms with Gasteiger partial charge in [-0.15, -0.1) is 0 Å². The minimum atomic E-state index is 0.798. The van der Waals surface area contributed by atoms with E-state index in [1.165, 1.54) is 22.4 Å². The Labute approximate surface area is 184 Å². The number of hydrogen-bond acceptors (Lipinski definition) is 3. The Balaban J connectivity index is 1.55. The maximum Gasteiger partial charge on any atom is 0.0715 e. The van der Waals surface area contributed by atoms with Crippen LogP contribution in [-0.2, 0) is 4.74 Å². The van der Waals surface area contributed by atoms with Gasteiger partial charge in [0.05, 0.1) is 24.6 Å². The maximum atomic E-state index is 5.48. The van der Waals surface area contributed by atoms with Gasteiger partial charge in [0.1, 0.15) is 0 Å². The molecule has 1 saturated heterocycles. The zero-order valence-corrected chi connectivity index (χ0v) is 17.8. The second kappa shape index (κ2) is 8.75. The van der Waals surface area contributed by atoms with Crippen molar-refractivity contribution >= 4 is 5.69 Å². The fraction of sp³-hybridized carbons (Fsp3) is 0.179. The summed E-state index contributed by atoms with van der Waals surface area (Å²) < 4.78 is 5.48. The van der Waals surface area contributed by atoms with E-state index in [2.05, 4.69) is 96.8 Å². The molecule has 0 spiro atoms. The quantitative estimate of drug-likeness (QED) is 0.402. The van der Waals surface area contributed by atoms with Gasteiger partial charge in [-0.25, -0.2) is 4.98 Å².